The van der Waals surface area contributed by atoms with E-state index < -0.39 is 18.0 Å². The molecule has 0 spiro atoms. The zero-order valence-electron chi connectivity index (χ0n) is 12.9. The van der Waals surface area contributed by atoms with Crippen molar-refractivity contribution >= 4 is 0 Å². The molecule has 2 heterocycles. The minimum Gasteiger partial charge on any atom is -0.396 e. The largest absolute Gasteiger partial charge is 0.396 e. The molecule has 2 fully saturated rings. The van der Waals surface area contributed by atoms with Gasteiger partial charge in [-0.1, -0.05) is 30.3 Å². The Morgan fingerprint density at radius 3 is 2.73 bits per heavy atom. The summed E-state index contributed by atoms with van der Waals surface area (Å²) in [4.78, 5) is 0. The summed E-state index contributed by atoms with van der Waals surface area (Å²) in [5, 5.41) is 19.4. The lowest BCUT2D eigenvalue weighted by Crippen LogP contribution is -2.58. The van der Waals surface area contributed by atoms with Crippen LogP contribution in [-0.4, -0.2) is 47.3 Å². The Hall–Kier alpha value is -0.980. The molecular weight excluding hydrogens is 284 g/mol. The molecule has 2 N–H and O–H groups in total. The summed E-state index contributed by atoms with van der Waals surface area (Å²) in [6.45, 7) is 2.45. The maximum Gasteiger partial charge on any atom is 0.184 e. The van der Waals surface area contributed by atoms with Crippen LogP contribution in [0.25, 0.3) is 0 Å². The first-order valence-electron chi connectivity index (χ1n) is 7.91. The Bertz CT molecular complexity index is 479. The van der Waals surface area contributed by atoms with Crippen molar-refractivity contribution in [2.75, 3.05) is 13.2 Å². The summed E-state index contributed by atoms with van der Waals surface area (Å²) in [7, 11) is 0. The minimum absolute atomic E-state index is 0.100. The lowest BCUT2D eigenvalue weighted by molar-refractivity contribution is -0.321. The van der Waals surface area contributed by atoms with E-state index >= 15 is 0 Å². The molecule has 0 aliphatic carbocycles. The number of aliphatic hydroxyl groups is 2. The van der Waals surface area contributed by atoms with Crippen molar-refractivity contribution in [3.05, 3.63) is 35.9 Å². The average molecular weight is 308 g/mol. The summed E-state index contributed by atoms with van der Waals surface area (Å²) in [5.41, 5.74) is 0.333. The summed E-state index contributed by atoms with van der Waals surface area (Å²) < 4.78 is 17.8. The maximum absolute atomic E-state index is 10.4. The quantitative estimate of drug-likeness (QED) is 0.887. The number of rotatable bonds is 4. The van der Waals surface area contributed by atoms with E-state index in [0.29, 0.717) is 25.9 Å². The Kier molecular flexibility index (Phi) is 4.80. The van der Waals surface area contributed by atoms with Crippen LogP contribution in [-0.2, 0) is 14.2 Å². The van der Waals surface area contributed by atoms with Crippen LogP contribution < -0.4 is 0 Å². The smallest absolute Gasteiger partial charge is 0.184 e. The Morgan fingerprint density at radius 1 is 1.23 bits per heavy atom. The maximum atomic E-state index is 10.4. The molecule has 2 aliphatic heterocycles. The summed E-state index contributed by atoms with van der Waals surface area (Å²) in [6, 6.07) is 9.79. The molecule has 0 bridgehead atoms. The van der Waals surface area contributed by atoms with Crippen LogP contribution in [0.1, 0.15) is 38.0 Å². The monoisotopic (exact) mass is 308 g/mol. The zero-order chi connectivity index (χ0) is 15.6. The molecule has 122 valence electrons. The van der Waals surface area contributed by atoms with Crippen LogP contribution in [0.3, 0.4) is 0 Å². The number of aliphatic hydroxyl groups excluding tert-OH is 2. The highest BCUT2D eigenvalue weighted by molar-refractivity contribution is 5.16. The standard InChI is InChI=1S/C17H24O5/c1-17(8-5-9-18)15(19)10-13-14(22-17)11-20-16(21-13)12-6-3-2-4-7-12/h2-4,6-7,13-16,18-19H,5,8-11H2,1H3/t13-,14+,15+,16+,17-/m0/s1. The van der Waals surface area contributed by atoms with Crippen LogP contribution in [0.5, 0.6) is 0 Å². The van der Waals surface area contributed by atoms with Gasteiger partial charge in [0.25, 0.3) is 0 Å². The van der Waals surface area contributed by atoms with Crippen molar-refractivity contribution in [2.45, 2.75) is 56.4 Å². The van der Waals surface area contributed by atoms with E-state index in [1.165, 1.54) is 0 Å². The lowest BCUT2D eigenvalue weighted by Gasteiger charge is -2.49. The predicted octanol–water partition coefficient (Wildman–Crippen LogP) is 1.78. The zero-order valence-corrected chi connectivity index (χ0v) is 12.9. The van der Waals surface area contributed by atoms with Gasteiger partial charge in [0.2, 0.25) is 0 Å². The molecular formula is C17H24O5. The van der Waals surface area contributed by atoms with Gasteiger partial charge in [0, 0.05) is 18.6 Å². The van der Waals surface area contributed by atoms with Gasteiger partial charge in [-0.3, -0.25) is 0 Å². The van der Waals surface area contributed by atoms with Gasteiger partial charge in [-0.15, -0.1) is 0 Å². The van der Waals surface area contributed by atoms with Gasteiger partial charge in [-0.25, -0.2) is 0 Å². The number of fused-ring (bicyclic) bond motifs is 1. The van der Waals surface area contributed by atoms with Gasteiger partial charge >= 0.3 is 0 Å². The van der Waals surface area contributed by atoms with Gasteiger partial charge in [0.15, 0.2) is 6.29 Å². The molecule has 0 saturated carbocycles. The highest BCUT2D eigenvalue weighted by atomic mass is 16.7. The van der Waals surface area contributed by atoms with Crippen molar-refractivity contribution in [2.24, 2.45) is 0 Å². The second-order valence-electron chi connectivity index (χ2n) is 6.30. The van der Waals surface area contributed by atoms with Gasteiger partial charge in [-0.05, 0) is 19.8 Å². The number of benzene rings is 1. The Balaban J connectivity index is 1.66. The first-order valence-corrected chi connectivity index (χ1v) is 7.91. The number of hydrogen-bond acceptors (Lipinski definition) is 5. The van der Waals surface area contributed by atoms with Gasteiger partial charge in [0.1, 0.15) is 6.10 Å². The second kappa shape index (κ2) is 6.64. The third kappa shape index (κ3) is 3.19. The van der Waals surface area contributed by atoms with E-state index in [2.05, 4.69) is 0 Å². The van der Waals surface area contributed by atoms with Crippen molar-refractivity contribution in [3.63, 3.8) is 0 Å². The van der Waals surface area contributed by atoms with E-state index in [1.807, 2.05) is 37.3 Å². The number of hydrogen-bond donors (Lipinski definition) is 2. The Labute approximate surface area is 130 Å². The number of ether oxygens (including phenoxy) is 3. The molecule has 0 aromatic heterocycles. The average Bonchev–Trinajstić information content (AvgIpc) is 2.55. The van der Waals surface area contributed by atoms with Gasteiger partial charge in [-0.2, -0.15) is 0 Å². The van der Waals surface area contributed by atoms with Crippen molar-refractivity contribution in [1.29, 1.82) is 0 Å². The fourth-order valence-corrected chi connectivity index (χ4v) is 3.23. The third-order valence-corrected chi connectivity index (χ3v) is 4.61. The lowest BCUT2D eigenvalue weighted by atomic mass is 9.85. The highest BCUT2D eigenvalue weighted by Crippen LogP contribution is 2.39. The fraction of sp³-hybridized carbons (Fsp3) is 0.647. The molecule has 0 amide bonds. The van der Waals surface area contributed by atoms with Crippen LogP contribution in [0.2, 0.25) is 0 Å². The molecule has 1 aromatic carbocycles. The highest BCUT2D eigenvalue weighted by Gasteiger charge is 2.48. The van der Waals surface area contributed by atoms with Crippen LogP contribution in [0.4, 0.5) is 0 Å². The molecule has 5 atom stereocenters. The topological polar surface area (TPSA) is 68.2 Å². The summed E-state index contributed by atoms with van der Waals surface area (Å²) >= 11 is 0. The second-order valence-corrected chi connectivity index (χ2v) is 6.30. The SMILES string of the molecule is C[C@@]1(CCCO)O[C@@H]2CO[C@@H](c3ccccc3)O[C@H]2C[C@H]1O. The van der Waals surface area contributed by atoms with Gasteiger partial charge in [0.05, 0.1) is 24.4 Å². The molecule has 5 nitrogen and oxygen atoms in total. The molecule has 22 heavy (non-hydrogen) atoms. The predicted molar refractivity (Wildman–Crippen MR) is 80.2 cm³/mol. The summed E-state index contributed by atoms with van der Waals surface area (Å²) in [6.07, 6.45) is 0.410. The minimum atomic E-state index is -0.643. The van der Waals surface area contributed by atoms with E-state index in [0.717, 1.165) is 5.56 Å². The normalized spacial score (nSPS) is 38.5. The molecule has 2 saturated heterocycles. The molecule has 1 aromatic rings. The van der Waals surface area contributed by atoms with Crippen LogP contribution >= 0.6 is 0 Å². The molecule has 3 rings (SSSR count). The third-order valence-electron chi connectivity index (χ3n) is 4.61. The van der Waals surface area contributed by atoms with E-state index in [9.17, 15) is 5.11 Å². The molecule has 0 unspecified atom stereocenters. The summed E-state index contributed by atoms with van der Waals surface area (Å²) in [5.74, 6) is 0. The molecule has 5 heteroatoms. The van der Waals surface area contributed by atoms with Crippen LogP contribution in [0, 0.1) is 0 Å². The molecule has 2 aliphatic rings. The van der Waals surface area contributed by atoms with E-state index in [1.54, 1.807) is 0 Å². The Morgan fingerprint density at radius 2 is 2.00 bits per heavy atom. The van der Waals surface area contributed by atoms with E-state index in [4.69, 9.17) is 19.3 Å². The molecule has 0 radical (unpaired) electrons. The van der Waals surface area contributed by atoms with E-state index in [-0.39, 0.29) is 18.8 Å². The van der Waals surface area contributed by atoms with Crippen LogP contribution in [0.15, 0.2) is 30.3 Å². The van der Waals surface area contributed by atoms with Crippen molar-refractivity contribution in [1.82, 2.24) is 0 Å². The first kappa shape index (κ1) is 15.9. The fourth-order valence-electron chi connectivity index (χ4n) is 3.23. The van der Waals surface area contributed by atoms with Gasteiger partial charge < -0.3 is 24.4 Å². The first-order chi connectivity index (χ1) is 10.6. The van der Waals surface area contributed by atoms with Crippen molar-refractivity contribution in [3.8, 4) is 0 Å². The van der Waals surface area contributed by atoms with Crippen molar-refractivity contribution < 1.29 is 24.4 Å².